The van der Waals surface area contributed by atoms with Crippen LogP contribution in [0.25, 0.3) is 0 Å². The maximum Gasteiger partial charge on any atom is 0.223 e. The Labute approximate surface area is 140 Å². The second kappa shape index (κ2) is 7.14. The molecule has 0 spiro atoms. The Kier molecular flexibility index (Phi) is 4.97. The molecule has 0 aromatic heterocycles. The first-order valence-electron chi connectivity index (χ1n) is 7.90. The van der Waals surface area contributed by atoms with Gasteiger partial charge in [-0.15, -0.1) is 0 Å². The molecule has 0 aliphatic heterocycles. The largest absolute Gasteiger partial charge is 0.335 e. The summed E-state index contributed by atoms with van der Waals surface area (Å²) in [6.45, 7) is 0.560. The van der Waals surface area contributed by atoms with E-state index in [2.05, 4.69) is 0 Å². The number of benzene rings is 2. The lowest BCUT2D eigenvalue weighted by molar-refractivity contribution is -0.132. The molecule has 2 aromatic carbocycles. The standard InChI is InChI=1S/C19H19ClFNO/c20-16-6-1-14(2-7-16)5-12-19(23)22(18-10-11-18)13-15-3-8-17(21)9-4-15/h1-4,6-9,18H,5,10-13H2. The molecule has 4 heteroatoms. The molecule has 120 valence electrons. The number of carbonyl (C=O) groups excluding carboxylic acids is 1. The van der Waals surface area contributed by atoms with Crippen LogP contribution in [0.1, 0.15) is 30.4 Å². The molecule has 23 heavy (non-hydrogen) atoms. The molecule has 2 aromatic rings. The number of nitrogens with zero attached hydrogens (tertiary/aromatic N) is 1. The normalized spacial score (nSPS) is 13.8. The molecule has 3 rings (SSSR count). The fourth-order valence-corrected chi connectivity index (χ4v) is 2.77. The Bertz CT molecular complexity index is 665. The molecule has 1 amide bonds. The summed E-state index contributed by atoms with van der Waals surface area (Å²) in [5.74, 6) is -0.0902. The molecule has 0 saturated heterocycles. The molecule has 0 bridgehead atoms. The van der Waals surface area contributed by atoms with Gasteiger partial charge in [0.05, 0.1) is 0 Å². The molecule has 0 heterocycles. The molecule has 1 aliphatic carbocycles. The smallest absolute Gasteiger partial charge is 0.223 e. The second-order valence-electron chi connectivity index (χ2n) is 6.01. The lowest BCUT2D eigenvalue weighted by Crippen LogP contribution is -2.32. The third-order valence-electron chi connectivity index (χ3n) is 4.11. The van der Waals surface area contributed by atoms with E-state index in [1.165, 1.54) is 12.1 Å². The van der Waals surface area contributed by atoms with Gasteiger partial charge in [-0.05, 0) is 54.7 Å². The third kappa shape index (κ3) is 4.55. The molecule has 0 radical (unpaired) electrons. The van der Waals surface area contributed by atoms with Crippen LogP contribution in [-0.4, -0.2) is 16.8 Å². The number of rotatable bonds is 6. The van der Waals surface area contributed by atoms with Crippen LogP contribution >= 0.6 is 11.6 Å². The first-order chi connectivity index (χ1) is 11.1. The highest BCUT2D eigenvalue weighted by Gasteiger charge is 2.32. The molecule has 0 N–H and O–H groups in total. The fourth-order valence-electron chi connectivity index (χ4n) is 2.64. The number of hydrogen-bond donors (Lipinski definition) is 0. The van der Waals surface area contributed by atoms with Gasteiger partial charge in [0.2, 0.25) is 5.91 Å². The van der Waals surface area contributed by atoms with Gasteiger partial charge in [-0.1, -0.05) is 35.9 Å². The molecular formula is C19H19ClFNO. The Balaban J connectivity index is 1.60. The van der Waals surface area contributed by atoms with Crippen molar-refractivity contribution in [3.63, 3.8) is 0 Å². The van der Waals surface area contributed by atoms with Gasteiger partial charge < -0.3 is 4.90 Å². The number of aryl methyl sites for hydroxylation is 1. The zero-order chi connectivity index (χ0) is 16.2. The Morgan fingerprint density at radius 1 is 1.04 bits per heavy atom. The zero-order valence-corrected chi connectivity index (χ0v) is 13.6. The summed E-state index contributed by atoms with van der Waals surface area (Å²) in [5, 5.41) is 0.705. The van der Waals surface area contributed by atoms with Crippen molar-refractivity contribution >= 4 is 17.5 Å². The molecular weight excluding hydrogens is 313 g/mol. The van der Waals surface area contributed by atoms with Gasteiger partial charge in [0.1, 0.15) is 5.82 Å². The quantitative estimate of drug-likeness (QED) is 0.757. The van der Waals surface area contributed by atoms with Crippen LogP contribution in [0.3, 0.4) is 0 Å². The highest BCUT2D eigenvalue weighted by atomic mass is 35.5. The van der Waals surface area contributed by atoms with Crippen LogP contribution in [0.15, 0.2) is 48.5 Å². The van der Waals surface area contributed by atoms with Crippen molar-refractivity contribution in [2.24, 2.45) is 0 Å². The van der Waals surface area contributed by atoms with Crippen LogP contribution in [0.2, 0.25) is 5.02 Å². The van der Waals surface area contributed by atoms with Gasteiger partial charge in [0.25, 0.3) is 0 Å². The average molecular weight is 332 g/mol. The van der Waals surface area contributed by atoms with E-state index in [1.54, 1.807) is 12.1 Å². The summed E-state index contributed by atoms with van der Waals surface area (Å²) < 4.78 is 13.0. The van der Waals surface area contributed by atoms with E-state index in [1.807, 2.05) is 29.2 Å². The van der Waals surface area contributed by atoms with Crippen LogP contribution in [0, 0.1) is 5.82 Å². The maximum absolute atomic E-state index is 13.0. The van der Waals surface area contributed by atoms with E-state index >= 15 is 0 Å². The summed E-state index contributed by atoms with van der Waals surface area (Å²) in [6.07, 6.45) is 3.32. The summed E-state index contributed by atoms with van der Waals surface area (Å²) in [4.78, 5) is 14.5. The van der Waals surface area contributed by atoms with E-state index in [4.69, 9.17) is 11.6 Å². The number of amides is 1. The van der Waals surface area contributed by atoms with Crippen molar-refractivity contribution in [2.75, 3.05) is 0 Å². The van der Waals surface area contributed by atoms with Crippen molar-refractivity contribution in [2.45, 2.75) is 38.3 Å². The molecule has 1 saturated carbocycles. The Morgan fingerprint density at radius 3 is 2.26 bits per heavy atom. The lowest BCUT2D eigenvalue weighted by Gasteiger charge is -2.22. The Hall–Kier alpha value is -1.87. The number of halogens is 2. The molecule has 0 atom stereocenters. The van der Waals surface area contributed by atoms with E-state index in [0.29, 0.717) is 30.5 Å². The van der Waals surface area contributed by atoms with E-state index < -0.39 is 0 Å². The number of carbonyl (C=O) groups is 1. The lowest BCUT2D eigenvalue weighted by atomic mass is 10.1. The molecule has 0 unspecified atom stereocenters. The van der Waals surface area contributed by atoms with Gasteiger partial charge in [-0.25, -0.2) is 4.39 Å². The molecule has 2 nitrogen and oxygen atoms in total. The topological polar surface area (TPSA) is 20.3 Å². The van der Waals surface area contributed by atoms with Crippen molar-refractivity contribution in [1.82, 2.24) is 4.90 Å². The van der Waals surface area contributed by atoms with Crippen molar-refractivity contribution < 1.29 is 9.18 Å². The predicted molar refractivity (Wildman–Crippen MR) is 89.7 cm³/mol. The van der Waals surface area contributed by atoms with Crippen LogP contribution < -0.4 is 0 Å². The second-order valence-corrected chi connectivity index (χ2v) is 6.44. The van der Waals surface area contributed by atoms with Gasteiger partial charge in [0, 0.05) is 24.0 Å². The van der Waals surface area contributed by atoms with Gasteiger partial charge in [-0.3, -0.25) is 4.79 Å². The van der Waals surface area contributed by atoms with Crippen LogP contribution in [0.5, 0.6) is 0 Å². The minimum absolute atomic E-state index is 0.159. The highest BCUT2D eigenvalue weighted by molar-refractivity contribution is 6.30. The summed E-state index contributed by atoms with van der Waals surface area (Å²) in [6, 6.07) is 14.3. The van der Waals surface area contributed by atoms with Gasteiger partial charge >= 0.3 is 0 Å². The van der Waals surface area contributed by atoms with Crippen molar-refractivity contribution in [3.8, 4) is 0 Å². The summed E-state index contributed by atoms with van der Waals surface area (Å²) >= 11 is 5.87. The minimum Gasteiger partial charge on any atom is -0.335 e. The van der Waals surface area contributed by atoms with Crippen molar-refractivity contribution in [3.05, 3.63) is 70.5 Å². The fraction of sp³-hybridized carbons (Fsp3) is 0.316. The maximum atomic E-state index is 13.0. The third-order valence-corrected chi connectivity index (χ3v) is 4.37. The van der Waals surface area contributed by atoms with E-state index in [9.17, 15) is 9.18 Å². The SMILES string of the molecule is O=C(CCc1ccc(Cl)cc1)N(Cc1ccc(F)cc1)C1CC1. The first kappa shape index (κ1) is 16.0. The predicted octanol–water partition coefficient (Wildman–Crippen LogP) is 4.60. The Morgan fingerprint density at radius 2 is 1.65 bits per heavy atom. The summed E-state index contributed by atoms with van der Waals surface area (Å²) in [5.41, 5.74) is 2.08. The zero-order valence-electron chi connectivity index (χ0n) is 12.8. The molecule has 1 aliphatic rings. The van der Waals surface area contributed by atoms with Crippen LogP contribution in [-0.2, 0) is 17.8 Å². The van der Waals surface area contributed by atoms with Crippen LogP contribution in [0.4, 0.5) is 4.39 Å². The van der Waals surface area contributed by atoms with Gasteiger partial charge in [0.15, 0.2) is 0 Å². The number of hydrogen-bond acceptors (Lipinski definition) is 1. The molecule has 1 fully saturated rings. The monoisotopic (exact) mass is 331 g/mol. The van der Waals surface area contributed by atoms with E-state index in [0.717, 1.165) is 24.0 Å². The highest BCUT2D eigenvalue weighted by Crippen LogP contribution is 2.29. The first-order valence-corrected chi connectivity index (χ1v) is 8.28. The minimum atomic E-state index is -0.249. The summed E-state index contributed by atoms with van der Waals surface area (Å²) in [7, 11) is 0. The van der Waals surface area contributed by atoms with Crippen molar-refractivity contribution in [1.29, 1.82) is 0 Å². The average Bonchev–Trinajstić information content (AvgIpc) is 3.38. The van der Waals surface area contributed by atoms with Gasteiger partial charge in [-0.2, -0.15) is 0 Å². The van der Waals surface area contributed by atoms with E-state index in [-0.39, 0.29) is 11.7 Å².